The molecular weight excluding hydrogens is 642 g/mol. The van der Waals surface area contributed by atoms with Crippen LogP contribution in [0.5, 0.6) is 0 Å². The van der Waals surface area contributed by atoms with Crippen molar-refractivity contribution in [3.63, 3.8) is 0 Å². The van der Waals surface area contributed by atoms with Crippen LogP contribution in [-0.2, 0) is 0 Å². The van der Waals surface area contributed by atoms with E-state index in [0.717, 1.165) is 0 Å². The van der Waals surface area contributed by atoms with Gasteiger partial charge in [0.05, 0.1) is 24.5 Å². The van der Waals surface area contributed by atoms with Crippen LogP contribution in [-0.4, -0.2) is 37.4 Å². The van der Waals surface area contributed by atoms with E-state index in [1.807, 2.05) is 0 Å². The quantitative estimate of drug-likeness (QED) is 0.257. The van der Waals surface area contributed by atoms with Crippen LogP contribution in [0.1, 0.15) is 12.8 Å². The van der Waals surface area contributed by atoms with Crippen LogP contribution < -0.4 is 10.4 Å². The lowest BCUT2D eigenvalue weighted by molar-refractivity contribution is 0.460. The molecule has 0 saturated heterocycles. The minimum atomic E-state index is -2.36. The highest BCUT2D eigenvalue weighted by Gasteiger charge is 3.00. The molecule has 12 heteroatoms. The summed E-state index contributed by atoms with van der Waals surface area (Å²) < 4.78 is -6.86. The van der Waals surface area contributed by atoms with Crippen LogP contribution in [0, 0.1) is 0 Å². The Balaban J connectivity index is 2.09. The maximum Gasteiger partial charge on any atom is 0.190 e. The van der Waals surface area contributed by atoms with E-state index in [2.05, 4.69) is 0 Å². The molecule has 0 spiro atoms. The first-order chi connectivity index (χ1) is 13.4. The van der Waals surface area contributed by atoms with Gasteiger partial charge in [-0.3, -0.25) is 0 Å². The number of fused-ring (bicyclic) bond motifs is 7. The van der Waals surface area contributed by atoms with E-state index in [1.54, 1.807) is 24.3 Å². The van der Waals surface area contributed by atoms with Gasteiger partial charge in [-0.2, -0.15) is 0 Å². The number of benzene rings is 1. The van der Waals surface area contributed by atoms with Crippen molar-refractivity contribution in [2.75, 3.05) is 0 Å². The predicted octanol–water partition coefficient (Wildman–Crippen LogP) is 7.43. The molecule has 5 rings (SSSR count). The Bertz CT molecular complexity index is 1140. The van der Waals surface area contributed by atoms with Crippen molar-refractivity contribution in [1.82, 2.24) is 0 Å². The first-order valence-electron chi connectivity index (χ1n) is 8.51. The summed E-state index contributed by atoms with van der Waals surface area (Å²) in [4.78, 5) is -6.94. The highest BCUT2D eigenvalue weighted by Crippen LogP contribution is 2.91. The Labute approximate surface area is 232 Å². The van der Waals surface area contributed by atoms with E-state index in [9.17, 15) is 0 Å². The van der Waals surface area contributed by atoms with Crippen molar-refractivity contribution >= 4 is 150 Å². The van der Waals surface area contributed by atoms with E-state index >= 15 is 0 Å². The molecule has 1 aromatic rings. The van der Waals surface area contributed by atoms with Crippen molar-refractivity contribution in [2.24, 2.45) is 0 Å². The molecule has 4 aliphatic rings. The van der Waals surface area contributed by atoms with Crippen LogP contribution in [0.4, 0.5) is 0 Å². The lowest BCUT2D eigenvalue weighted by atomic mass is 9.75. The molecule has 3 fully saturated rings. The van der Waals surface area contributed by atoms with Crippen LogP contribution in [0.3, 0.4) is 0 Å². The Morgan fingerprint density at radius 1 is 0.600 bits per heavy atom. The van der Waals surface area contributed by atoms with Crippen molar-refractivity contribution in [2.45, 2.75) is 50.2 Å². The van der Waals surface area contributed by atoms with Gasteiger partial charge in [-0.25, -0.2) is 0 Å². The summed E-state index contributed by atoms with van der Waals surface area (Å²) in [5, 5.41) is 0.778. The Morgan fingerprint density at radius 2 is 1.13 bits per heavy atom. The normalized spacial score (nSPS) is 52.7. The second-order valence-corrected chi connectivity index (χ2v) is 15.7. The summed E-state index contributed by atoms with van der Waals surface area (Å²) in [5.41, 5.74) is 0.338. The molecule has 0 bridgehead atoms. The van der Waals surface area contributed by atoms with E-state index in [1.165, 1.54) is 0 Å². The van der Waals surface area contributed by atoms with E-state index < -0.39 is 37.4 Å². The molecule has 0 aliphatic heterocycles. The van der Waals surface area contributed by atoms with Crippen molar-refractivity contribution in [3.8, 4) is 0 Å². The Kier molecular flexibility index (Phi) is 5.01. The zero-order valence-electron chi connectivity index (χ0n) is 14.3. The van der Waals surface area contributed by atoms with Crippen molar-refractivity contribution < 1.29 is 0 Å². The summed E-state index contributed by atoms with van der Waals surface area (Å²) in [6, 6.07) is 6.89. The van der Waals surface area contributed by atoms with Gasteiger partial charge in [0.2, 0.25) is 0 Å². The van der Waals surface area contributed by atoms with Crippen molar-refractivity contribution in [1.29, 1.82) is 0 Å². The molecular formula is C18H8Cl12. The standard InChI is InChI=1S/C18H8Cl12/c19-10-8-4-2-1-3-7(8)9-11(20)5-12(11,21)13(22)6-14(13,23)15(9,24)17(27,28)18(29,30)16(10,25)26/h1-4H,5-6H2/b9-7-,10-8+. The number of rotatable bonds is 0. The molecule has 30 heavy (non-hydrogen) atoms. The van der Waals surface area contributed by atoms with E-state index in [0.29, 0.717) is 16.0 Å². The molecule has 0 amide bonds. The lowest BCUT2D eigenvalue weighted by Gasteiger charge is -2.55. The summed E-state index contributed by atoms with van der Waals surface area (Å²) >= 11 is 82.4. The third kappa shape index (κ3) is 2.16. The number of halogens is 12. The first-order valence-corrected chi connectivity index (χ1v) is 13.0. The average Bonchev–Trinajstić information content (AvgIpc) is 3.45. The molecule has 5 unspecified atom stereocenters. The Morgan fingerprint density at radius 3 is 1.70 bits per heavy atom. The summed E-state index contributed by atoms with van der Waals surface area (Å²) in [7, 11) is 0. The van der Waals surface area contributed by atoms with Crippen LogP contribution in [0.25, 0.3) is 10.6 Å². The largest absolute Gasteiger partial charge is 0.190 e. The molecule has 3 saturated carbocycles. The minimum Gasteiger partial charge on any atom is -0.115 e. The lowest BCUT2D eigenvalue weighted by Crippen LogP contribution is -2.71. The Hall–Kier alpha value is 2.44. The van der Waals surface area contributed by atoms with Gasteiger partial charge in [0, 0.05) is 0 Å². The maximum atomic E-state index is 7.33. The van der Waals surface area contributed by atoms with E-state index in [4.69, 9.17) is 139 Å². The topological polar surface area (TPSA) is 0 Å². The van der Waals surface area contributed by atoms with Gasteiger partial charge in [-0.15, -0.1) is 58.0 Å². The minimum absolute atomic E-state index is 0.105. The summed E-state index contributed by atoms with van der Waals surface area (Å²) in [6.07, 6.45) is 0.418. The van der Waals surface area contributed by atoms with Crippen LogP contribution in [0.15, 0.2) is 24.3 Å². The van der Waals surface area contributed by atoms with Gasteiger partial charge in [-0.05, 0) is 28.9 Å². The monoisotopic (exact) mass is 644 g/mol. The molecule has 0 aromatic heterocycles. The SMILES string of the molecule is Cl/C1=c2\cccc\c2=C2/C3(Cl)CC3(Cl)C3(Cl)CC3(Cl)C2(Cl)C(Cl)(Cl)C(Cl)(Cl)C1(Cl)Cl. The molecule has 5 atom stereocenters. The zero-order valence-corrected chi connectivity index (χ0v) is 23.3. The van der Waals surface area contributed by atoms with Gasteiger partial charge in [0.15, 0.2) is 13.0 Å². The number of hydrogen-bond acceptors (Lipinski definition) is 0. The molecule has 0 radical (unpaired) electrons. The molecule has 0 N–H and O–H groups in total. The fourth-order valence-electron chi connectivity index (χ4n) is 5.06. The van der Waals surface area contributed by atoms with Gasteiger partial charge in [-0.1, -0.05) is 105 Å². The van der Waals surface area contributed by atoms with Gasteiger partial charge in [0.25, 0.3) is 0 Å². The van der Waals surface area contributed by atoms with E-state index in [-0.39, 0.29) is 17.9 Å². The maximum absolute atomic E-state index is 7.33. The molecule has 1 aromatic carbocycles. The fraction of sp³-hybridized carbons (Fsp3) is 0.556. The van der Waals surface area contributed by atoms with Gasteiger partial charge in [0.1, 0.15) is 4.87 Å². The summed E-state index contributed by atoms with van der Waals surface area (Å²) in [6.45, 7) is 0. The van der Waals surface area contributed by atoms with Crippen molar-refractivity contribution in [3.05, 3.63) is 34.7 Å². The molecule has 4 aliphatic carbocycles. The summed E-state index contributed by atoms with van der Waals surface area (Å²) in [5.74, 6) is 0. The number of hydrogen-bond donors (Lipinski definition) is 0. The highest BCUT2D eigenvalue weighted by molar-refractivity contribution is 6.77. The van der Waals surface area contributed by atoms with Gasteiger partial charge >= 0.3 is 0 Å². The third-order valence-corrected chi connectivity index (χ3v) is 15.8. The third-order valence-electron chi connectivity index (χ3n) is 6.83. The van der Waals surface area contributed by atoms with Gasteiger partial charge < -0.3 is 0 Å². The smallest absolute Gasteiger partial charge is 0.115 e. The second kappa shape index (κ2) is 6.22. The molecule has 0 heterocycles. The second-order valence-electron chi connectivity index (χ2n) is 8.17. The molecule has 164 valence electrons. The van der Waals surface area contributed by atoms with Crippen LogP contribution >= 0.6 is 139 Å². The first kappa shape index (κ1) is 24.1. The zero-order chi connectivity index (χ0) is 22.6. The van der Waals surface area contributed by atoms with Crippen LogP contribution in [0.2, 0.25) is 0 Å². The highest BCUT2D eigenvalue weighted by atomic mass is 35.6. The predicted molar refractivity (Wildman–Crippen MR) is 134 cm³/mol. The number of alkyl halides is 11. The molecule has 0 nitrogen and oxygen atoms in total. The fourth-order valence-corrected chi connectivity index (χ4v) is 10.9. The average molecular weight is 650 g/mol.